The molecule has 0 amide bonds. The van der Waals surface area contributed by atoms with Crippen LogP contribution in [0, 0.1) is 17.7 Å². The van der Waals surface area contributed by atoms with Crippen LogP contribution in [0.15, 0.2) is 131 Å². The number of ketones is 2. The molecule has 11 nitrogen and oxygen atoms in total. The second-order valence-electron chi connectivity index (χ2n) is 17.1. The number of methoxy groups -OCH3 is 1. The molecule has 0 aliphatic heterocycles. The van der Waals surface area contributed by atoms with E-state index in [9.17, 15) is 15.0 Å². The summed E-state index contributed by atoms with van der Waals surface area (Å²) in [6.07, 6.45) is -0.790. The second-order valence-corrected chi connectivity index (χ2v) is 17.1. The minimum Gasteiger partial charge on any atom is -0.507 e. The van der Waals surface area contributed by atoms with Crippen LogP contribution in [0.3, 0.4) is 0 Å². The third-order valence-corrected chi connectivity index (χ3v) is 12.9. The maximum absolute atomic E-state index is 18.0. The topological polar surface area (TPSA) is 135 Å². The Balaban J connectivity index is 1.23. The first-order chi connectivity index (χ1) is 31.0. The molecule has 64 heavy (non-hydrogen) atoms. The summed E-state index contributed by atoms with van der Waals surface area (Å²) in [6.45, 7) is 2.49. The number of aliphatic hydroxyl groups excluding tert-OH is 1. The quantitative estimate of drug-likeness (QED) is 0.102. The summed E-state index contributed by atoms with van der Waals surface area (Å²) < 4.78 is 42.6. The summed E-state index contributed by atoms with van der Waals surface area (Å²) in [7, 11) is 5.03. The third-order valence-electron chi connectivity index (χ3n) is 12.9. The highest BCUT2D eigenvalue weighted by molar-refractivity contribution is 6.26. The molecule has 1 aromatic heterocycles. The van der Waals surface area contributed by atoms with Crippen molar-refractivity contribution < 1.29 is 42.9 Å². The van der Waals surface area contributed by atoms with Gasteiger partial charge in [0.25, 0.3) is 5.88 Å². The standard InChI is InChI=1S/C52H50FN3O8/c1-31(61-4)39-43(53)37-25-36-26-38-44(55(2)3)48-42(51(54-64-48)63-30-35-23-15-8-16-24-35)50(59)52(38,60)49(58)40(36)46(57)41(37)47(62-29-34-21-13-7-14-22-34)45(39)56(27-32-17-9-5-10-18-32)28-33-19-11-6-12-20-33/h5-24,31,36,38,44,57,60H,25-30H2,1-4H3/t31?,36-,38-,44-,52-/m0/s1. The number of fused-ring (bicyclic) bond motifs is 4. The van der Waals surface area contributed by atoms with Crippen LogP contribution in [0.25, 0.3) is 5.76 Å². The van der Waals surface area contributed by atoms with Crippen molar-refractivity contribution in [3.05, 3.63) is 183 Å². The maximum atomic E-state index is 18.0. The Morgan fingerprint density at radius 3 is 1.86 bits per heavy atom. The van der Waals surface area contributed by atoms with Gasteiger partial charge in [-0.25, -0.2) is 4.39 Å². The number of aliphatic hydroxyl groups is 2. The maximum Gasteiger partial charge on any atom is 0.265 e. The van der Waals surface area contributed by atoms with E-state index in [2.05, 4.69) is 5.16 Å². The molecular weight excluding hydrogens is 814 g/mol. The van der Waals surface area contributed by atoms with Crippen molar-refractivity contribution in [1.82, 2.24) is 10.1 Å². The molecular formula is C52H50FN3O8. The lowest BCUT2D eigenvalue weighted by Gasteiger charge is -2.49. The van der Waals surface area contributed by atoms with E-state index in [0.29, 0.717) is 18.8 Å². The van der Waals surface area contributed by atoms with E-state index in [1.54, 1.807) is 25.9 Å². The Morgan fingerprint density at radius 1 is 0.797 bits per heavy atom. The van der Waals surface area contributed by atoms with E-state index in [1.165, 1.54) is 7.11 Å². The molecule has 0 saturated heterocycles. The molecule has 9 rings (SSSR count). The van der Waals surface area contributed by atoms with E-state index in [1.807, 2.05) is 126 Å². The zero-order chi connectivity index (χ0) is 44.7. The van der Waals surface area contributed by atoms with Crippen molar-refractivity contribution in [2.45, 2.75) is 63.8 Å². The molecule has 328 valence electrons. The minimum atomic E-state index is -2.65. The molecule has 5 aromatic carbocycles. The third kappa shape index (κ3) is 7.44. The van der Waals surface area contributed by atoms with Gasteiger partial charge in [0.2, 0.25) is 11.6 Å². The lowest BCUT2D eigenvalue weighted by molar-refractivity contribution is -0.142. The van der Waals surface area contributed by atoms with Crippen LogP contribution in [0.4, 0.5) is 10.1 Å². The molecule has 0 bridgehead atoms. The summed E-state index contributed by atoms with van der Waals surface area (Å²) in [4.78, 5) is 33.9. The summed E-state index contributed by atoms with van der Waals surface area (Å²) in [5.74, 6) is -4.73. The van der Waals surface area contributed by atoms with Gasteiger partial charge in [-0.2, -0.15) is 0 Å². The van der Waals surface area contributed by atoms with Crippen LogP contribution in [-0.2, 0) is 42.3 Å². The molecule has 0 radical (unpaired) electrons. The Labute approximate surface area is 371 Å². The highest BCUT2D eigenvalue weighted by Gasteiger charge is 2.65. The highest BCUT2D eigenvalue weighted by atomic mass is 19.1. The number of anilines is 1. The number of hydrogen-bond acceptors (Lipinski definition) is 11. The number of nitrogens with zero attached hydrogens (tertiary/aromatic N) is 3. The fourth-order valence-corrected chi connectivity index (χ4v) is 9.83. The van der Waals surface area contributed by atoms with Gasteiger partial charge >= 0.3 is 0 Å². The predicted molar refractivity (Wildman–Crippen MR) is 238 cm³/mol. The molecule has 6 aromatic rings. The van der Waals surface area contributed by atoms with Gasteiger partial charge in [0.1, 0.15) is 30.4 Å². The van der Waals surface area contributed by atoms with Crippen LogP contribution >= 0.6 is 0 Å². The van der Waals surface area contributed by atoms with E-state index >= 15 is 9.18 Å². The van der Waals surface area contributed by atoms with Crippen molar-refractivity contribution in [1.29, 1.82) is 0 Å². The van der Waals surface area contributed by atoms with Gasteiger partial charge in [-0.05, 0) is 67.2 Å². The SMILES string of the molecule is COC(C)c1c(F)c2c(c(OCc3ccccc3)c1N(Cc1ccccc1)Cc1ccccc1)C(O)=C1C(=O)[C@]3(O)C(=O)c4c(OCc5ccccc5)noc4[C@@H](N(C)C)[C@@H]3C[C@@H]1C2. The Morgan fingerprint density at radius 2 is 1.33 bits per heavy atom. The Bertz CT molecular complexity index is 2670. The number of carbonyl (C=O) groups excluding carboxylic acids is 2. The molecule has 3 aliphatic carbocycles. The molecule has 12 heteroatoms. The second kappa shape index (κ2) is 17.5. The number of Topliss-reactive ketones (excluding diaryl/α,β-unsaturated/α-hetero) is 2. The predicted octanol–water partition coefficient (Wildman–Crippen LogP) is 9.15. The van der Waals surface area contributed by atoms with Gasteiger partial charge in [-0.3, -0.25) is 14.5 Å². The lowest BCUT2D eigenvalue weighted by atomic mass is 9.57. The first kappa shape index (κ1) is 42.7. The van der Waals surface area contributed by atoms with E-state index in [4.69, 9.17) is 18.7 Å². The van der Waals surface area contributed by atoms with Crippen molar-refractivity contribution in [3.63, 3.8) is 0 Å². The molecule has 5 atom stereocenters. The minimum absolute atomic E-state index is 0.00627. The fraction of sp³-hybridized carbons (Fsp3) is 0.288. The number of aromatic nitrogens is 1. The van der Waals surface area contributed by atoms with Gasteiger partial charge in [0, 0.05) is 42.8 Å². The molecule has 1 saturated carbocycles. The first-order valence-corrected chi connectivity index (χ1v) is 21.5. The van der Waals surface area contributed by atoms with Crippen LogP contribution in [0.5, 0.6) is 11.6 Å². The summed E-state index contributed by atoms with van der Waals surface area (Å²) in [5, 5.41) is 29.7. The Kier molecular flexibility index (Phi) is 11.7. The molecule has 3 aliphatic rings. The number of benzene rings is 5. The van der Waals surface area contributed by atoms with Crippen molar-refractivity contribution in [2.75, 3.05) is 26.1 Å². The molecule has 0 spiro atoms. The monoisotopic (exact) mass is 863 g/mol. The smallest absolute Gasteiger partial charge is 0.265 e. The van der Waals surface area contributed by atoms with Crippen LogP contribution in [-0.4, -0.2) is 58.6 Å². The van der Waals surface area contributed by atoms with Gasteiger partial charge in [-0.15, -0.1) is 0 Å². The van der Waals surface area contributed by atoms with Crippen molar-refractivity contribution in [2.24, 2.45) is 11.8 Å². The molecule has 1 heterocycles. The van der Waals surface area contributed by atoms with E-state index in [0.717, 1.165) is 22.3 Å². The zero-order valence-electron chi connectivity index (χ0n) is 36.2. The van der Waals surface area contributed by atoms with Crippen molar-refractivity contribution in [3.8, 4) is 11.6 Å². The highest BCUT2D eigenvalue weighted by Crippen LogP contribution is 2.58. The van der Waals surface area contributed by atoms with Gasteiger partial charge in [-0.1, -0.05) is 121 Å². The van der Waals surface area contributed by atoms with Crippen LogP contribution < -0.4 is 14.4 Å². The molecule has 1 unspecified atom stereocenters. The number of carbonyl (C=O) groups is 2. The average molecular weight is 864 g/mol. The fourth-order valence-electron chi connectivity index (χ4n) is 9.83. The van der Waals surface area contributed by atoms with Crippen LogP contribution in [0.2, 0.25) is 0 Å². The Hall–Kier alpha value is -6.60. The number of halogens is 1. The number of ether oxygens (including phenoxy) is 3. The lowest BCUT2D eigenvalue weighted by Crippen LogP contribution is -2.63. The average Bonchev–Trinajstić information content (AvgIpc) is 3.73. The van der Waals surface area contributed by atoms with Crippen molar-refractivity contribution >= 4 is 23.0 Å². The molecule has 2 N–H and O–H groups in total. The van der Waals surface area contributed by atoms with E-state index < -0.39 is 52.7 Å². The van der Waals surface area contributed by atoms with Crippen LogP contribution in [0.1, 0.15) is 80.6 Å². The molecule has 1 fully saturated rings. The zero-order valence-corrected chi connectivity index (χ0v) is 36.2. The van der Waals surface area contributed by atoms with Gasteiger partial charge in [0.15, 0.2) is 17.1 Å². The number of hydrogen-bond donors (Lipinski definition) is 2. The largest absolute Gasteiger partial charge is 0.507 e. The first-order valence-electron chi connectivity index (χ1n) is 21.5. The van der Waals surface area contributed by atoms with Gasteiger partial charge in [0.05, 0.1) is 23.4 Å². The summed E-state index contributed by atoms with van der Waals surface area (Å²) in [6, 6.07) is 37.5. The summed E-state index contributed by atoms with van der Waals surface area (Å²) in [5.41, 5.74) is 1.27. The number of rotatable bonds is 14. The van der Waals surface area contributed by atoms with E-state index in [-0.39, 0.29) is 71.3 Å². The summed E-state index contributed by atoms with van der Waals surface area (Å²) >= 11 is 0. The van der Waals surface area contributed by atoms with Gasteiger partial charge < -0.3 is 33.8 Å². The normalized spacial score (nSPS) is 20.6.